The van der Waals surface area contributed by atoms with E-state index in [0.29, 0.717) is 5.92 Å². The van der Waals surface area contributed by atoms with E-state index in [2.05, 4.69) is 22.4 Å². The molecule has 3 saturated heterocycles. The van der Waals surface area contributed by atoms with Gasteiger partial charge in [-0.25, -0.2) is 4.39 Å². The van der Waals surface area contributed by atoms with E-state index in [4.69, 9.17) is 0 Å². The lowest BCUT2D eigenvalue weighted by Gasteiger charge is -2.33. The van der Waals surface area contributed by atoms with Gasteiger partial charge in [0.1, 0.15) is 11.9 Å². The van der Waals surface area contributed by atoms with Crippen molar-refractivity contribution in [1.29, 1.82) is 0 Å². The summed E-state index contributed by atoms with van der Waals surface area (Å²) >= 11 is 1.57. The molecule has 8 atom stereocenters. The summed E-state index contributed by atoms with van der Waals surface area (Å²) in [7, 11) is 0. The van der Waals surface area contributed by atoms with Crippen LogP contribution in [0.2, 0.25) is 0 Å². The SMILES string of the molecule is Cc1c(F)cccc1C(=O)NC(Cc1ccccc1)[C@H](O)C(=O)N1CSC2(C)[C@H]1C(=O)C1C(C[C@@H]3C=CCCC3)N12. The van der Waals surface area contributed by atoms with Gasteiger partial charge in [0.25, 0.3) is 11.8 Å². The molecule has 3 fully saturated rings. The van der Waals surface area contributed by atoms with E-state index in [1.165, 1.54) is 36.4 Å². The van der Waals surface area contributed by atoms with Gasteiger partial charge in [-0.1, -0.05) is 48.6 Å². The number of aliphatic hydroxyl groups is 1. The Morgan fingerprint density at radius 2 is 1.98 bits per heavy atom. The highest BCUT2D eigenvalue weighted by Gasteiger charge is 2.74. The van der Waals surface area contributed by atoms with Crippen LogP contribution in [0.15, 0.2) is 60.7 Å². The number of rotatable bonds is 8. The largest absolute Gasteiger partial charge is 0.381 e. The summed E-state index contributed by atoms with van der Waals surface area (Å²) in [6.45, 7) is 3.55. The maximum Gasteiger partial charge on any atom is 0.254 e. The van der Waals surface area contributed by atoms with Crippen LogP contribution < -0.4 is 5.32 Å². The minimum atomic E-state index is -1.58. The van der Waals surface area contributed by atoms with E-state index in [1.807, 2.05) is 37.3 Å². The van der Waals surface area contributed by atoms with E-state index in [-0.39, 0.29) is 41.3 Å². The van der Waals surface area contributed by atoms with Gasteiger partial charge in [-0.15, -0.1) is 11.8 Å². The number of allylic oxidation sites excluding steroid dienone is 2. The minimum absolute atomic E-state index is 0.0434. The van der Waals surface area contributed by atoms with E-state index in [0.717, 1.165) is 24.8 Å². The highest BCUT2D eigenvalue weighted by Crippen LogP contribution is 2.59. The molecule has 7 nitrogen and oxygen atoms in total. The normalized spacial score (nSPS) is 31.4. The van der Waals surface area contributed by atoms with Crippen molar-refractivity contribution in [2.24, 2.45) is 5.92 Å². The van der Waals surface area contributed by atoms with Crippen LogP contribution in [0.4, 0.5) is 4.39 Å². The average molecular weight is 578 g/mol. The summed E-state index contributed by atoms with van der Waals surface area (Å²) in [5.41, 5.74) is 1.16. The van der Waals surface area contributed by atoms with Gasteiger partial charge in [-0.05, 0) is 75.1 Å². The molecule has 2 aromatic carbocycles. The zero-order valence-electron chi connectivity index (χ0n) is 23.3. The summed E-state index contributed by atoms with van der Waals surface area (Å²) in [4.78, 5) is 44.0. The molecule has 0 saturated carbocycles. The second-order valence-electron chi connectivity index (χ2n) is 11.8. The van der Waals surface area contributed by atoms with Crippen LogP contribution in [0.5, 0.6) is 0 Å². The Labute approximate surface area is 244 Å². The molecule has 0 aromatic heterocycles. The summed E-state index contributed by atoms with van der Waals surface area (Å²) in [6.07, 6.45) is 7.53. The van der Waals surface area contributed by atoms with Crippen molar-refractivity contribution in [2.75, 3.05) is 5.88 Å². The van der Waals surface area contributed by atoms with Gasteiger partial charge in [-0.2, -0.15) is 0 Å². The van der Waals surface area contributed by atoms with E-state index < -0.39 is 40.7 Å². The number of halogens is 1. The summed E-state index contributed by atoms with van der Waals surface area (Å²) < 4.78 is 14.2. The monoisotopic (exact) mass is 577 g/mol. The molecule has 216 valence electrons. The number of fused-ring (bicyclic) bond motifs is 3. The number of aliphatic hydroxyl groups excluding tert-OH is 1. The number of Topliss-reactive ketones (excluding diaryl/α,β-unsaturated/α-hetero) is 1. The molecule has 0 bridgehead atoms. The molecule has 2 aromatic rings. The molecular formula is C32H36FN3O4S. The van der Waals surface area contributed by atoms with Crippen molar-refractivity contribution >= 4 is 29.4 Å². The zero-order valence-corrected chi connectivity index (χ0v) is 24.1. The number of carbonyl (C=O) groups is 3. The second kappa shape index (κ2) is 11.0. The first-order valence-electron chi connectivity index (χ1n) is 14.4. The van der Waals surface area contributed by atoms with Crippen LogP contribution in [0, 0.1) is 18.7 Å². The predicted molar refractivity (Wildman–Crippen MR) is 156 cm³/mol. The molecule has 2 N–H and O–H groups in total. The fraction of sp³-hybridized carbons (Fsp3) is 0.469. The van der Waals surface area contributed by atoms with Crippen molar-refractivity contribution in [2.45, 2.75) is 81.1 Å². The summed E-state index contributed by atoms with van der Waals surface area (Å²) in [5.74, 6) is -0.832. The Hall–Kier alpha value is -3.01. The third-order valence-electron chi connectivity index (χ3n) is 9.26. The molecule has 6 rings (SSSR count). The van der Waals surface area contributed by atoms with Crippen LogP contribution in [-0.2, 0) is 16.0 Å². The molecular weight excluding hydrogens is 541 g/mol. The molecule has 5 unspecified atom stereocenters. The van der Waals surface area contributed by atoms with Crippen LogP contribution in [0.3, 0.4) is 0 Å². The predicted octanol–water partition coefficient (Wildman–Crippen LogP) is 3.84. The summed E-state index contributed by atoms with van der Waals surface area (Å²) in [5, 5.41) is 14.2. The number of hydrogen-bond donors (Lipinski definition) is 2. The second-order valence-corrected chi connectivity index (χ2v) is 13.2. The average Bonchev–Trinajstić information content (AvgIpc) is 3.50. The van der Waals surface area contributed by atoms with E-state index >= 15 is 0 Å². The molecule has 41 heavy (non-hydrogen) atoms. The van der Waals surface area contributed by atoms with Crippen molar-refractivity contribution in [1.82, 2.24) is 15.1 Å². The molecule has 3 heterocycles. The van der Waals surface area contributed by atoms with Gasteiger partial charge in [0.2, 0.25) is 0 Å². The number of benzene rings is 2. The van der Waals surface area contributed by atoms with Gasteiger partial charge >= 0.3 is 0 Å². The number of piperidine rings is 1. The Balaban J connectivity index is 1.19. The van der Waals surface area contributed by atoms with Crippen LogP contribution in [0.25, 0.3) is 0 Å². The first kappa shape index (κ1) is 28.1. The smallest absolute Gasteiger partial charge is 0.254 e. The standard InChI is InChI=1S/C32H36FN3O4S/c1-19-22(14-9-15-23(19)33)30(39)34-24(16-20-10-5-3-6-11-20)27(37)31(40)35-18-41-32(2)29(35)28(38)26-25(36(26)32)17-21-12-7-4-8-13-21/h3,5-7,9-12,14-15,21,24-27,29,37H,4,8,13,16-18H2,1-2H3,(H,34,39)/t21-,24?,25?,26?,27+,29-,32?,36?/m1/s1. The fourth-order valence-electron chi connectivity index (χ4n) is 7.02. The van der Waals surface area contributed by atoms with Gasteiger partial charge in [0.05, 0.1) is 22.8 Å². The van der Waals surface area contributed by atoms with Crippen molar-refractivity contribution in [3.8, 4) is 0 Å². The Morgan fingerprint density at radius 1 is 1.20 bits per heavy atom. The Kier molecular flexibility index (Phi) is 7.55. The molecule has 4 aliphatic rings. The quantitative estimate of drug-likeness (QED) is 0.366. The molecule has 0 radical (unpaired) electrons. The highest BCUT2D eigenvalue weighted by molar-refractivity contribution is 8.00. The third-order valence-corrected chi connectivity index (χ3v) is 10.7. The van der Waals surface area contributed by atoms with Crippen molar-refractivity contribution in [3.63, 3.8) is 0 Å². The van der Waals surface area contributed by atoms with Crippen molar-refractivity contribution in [3.05, 3.63) is 83.2 Å². The number of hydrogen-bond acceptors (Lipinski definition) is 6. The highest BCUT2D eigenvalue weighted by atomic mass is 32.2. The number of nitrogens with one attached hydrogen (secondary N) is 1. The molecule has 9 heteroatoms. The van der Waals surface area contributed by atoms with Crippen LogP contribution >= 0.6 is 11.8 Å². The Morgan fingerprint density at radius 3 is 2.71 bits per heavy atom. The Bertz CT molecular complexity index is 1390. The van der Waals surface area contributed by atoms with Gasteiger partial charge in [0, 0.05) is 11.6 Å². The van der Waals surface area contributed by atoms with Crippen LogP contribution in [0.1, 0.15) is 54.1 Å². The fourth-order valence-corrected chi connectivity index (χ4v) is 8.50. The summed E-state index contributed by atoms with van der Waals surface area (Å²) in [6, 6.07) is 11.9. The zero-order chi connectivity index (χ0) is 28.9. The maximum absolute atomic E-state index is 14.2. The minimum Gasteiger partial charge on any atom is -0.381 e. The maximum atomic E-state index is 14.2. The first-order valence-corrected chi connectivity index (χ1v) is 15.4. The van der Waals surface area contributed by atoms with Crippen molar-refractivity contribution < 1.29 is 23.9 Å². The van der Waals surface area contributed by atoms with Gasteiger partial charge in [-0.3, -0.25) is 19.3 Å². The number of amides is 2. The lowest BCUT2D eigenvalue weighted by atomic mass is 9.89. The molecule has 1 aliphatic carbocycles. The number of thioether (sulfide) groups is 1. The topological polar surface area (TPSA) is 89.7 Å². The third kappa shape index (κ3) is 5.02. The van der Waals surface area contributed by atoms with Crippen LogP contribution in [-0.4, -0.2) is 73.5 Å². The number of carbonyl (C=O) groups excluding carboxylic acids is 3. The van der Waals surface area contributed by atoms with E-state index in [1.54, 1.807) is 11.8 Å². The molecule has 0 spiro atoms. The number of ketones is 1. The first-order chi connectivity index (χ1) is 19.7. The number of nitrogens with zero attached hydrogens (tertiary/aromatic N) is 2. The molecule has 2 amide bonds. The van der Waals surface area contributed by atoms with Gasteiger partial charge in [0.15, 0.2) is 11.9 Å². The lowest BCUT2D eigenvalue weighted by molar-refractivity contribution is -0.146. The lowest BCUT2D eigenvalue weighted by Crippen LogP contribution is -2.57. The van der Waals surface area contributed by atoms with E-state index in [9.17, 15) is 23.9 Å². The molecule has 3 aliphatic heterocycles. The van der Waals surface area contributed by atoms with Gasteiger partial charge < -0.3 is 15.3 Å².